The maximum atomic E-state index is 5.60. The molecule has 2 heterocycles. The van der Waals surface area contributed by atoms with Gasteiger partial charge in [0.05, 0.1) is 0 Å². The number of aromatic nitrogens is 1. The van der Waals surface area contributed by atoms with Gasteiger partial charge in [-0.15, -0.1) is 0 Å². The number of nitrogens with one attached hydrogen (secondary N) is 1. The lowest BCUT2D eigenvalue weighted by Crippen LogP contribution is -2.27. The highest BCUT2D eigenvalue weighted by atomic mass is 32.2. The summed E-state index contributed by atoms with van der Waals surface area (Å²) < 4.78 is 0.334. The van der Waals surface area contributed by atoms with Gasteiger partial charge in [-0.25, -0.2) is 4.98 Å². The lowest BCUT2D eigenvalue weighted by atomic mass is 10.1. The molecule has 0 amide bonds. The molecule has 0 bridgehead atoms. The number of hydrogen-bond donors (Lipinski definition) is 2. The quantitative estimate of drug-likeness (QED) is 0.821. The number of thiocarbonyl (C=S) groups is 1. The van der Waals surface area contributed by atoms with Crippen LogP contribution < -0.4 is 11.1 Å². The van der Waals surface area contributed by atoms with E-state index >= 15 is 0 Å². The summed E-state index contributed by atoms with van der Waals surface area (Å²) in [5, 5.41) is 3.38. The van der Waals surface area contributed by atoms with E-state index in [9.17, 15) is 0 Å². The van der Waals surface area contributed by atoms with E-state index in [1.54, 1.807) is 6.20 Å². The maximum absolute atomic E-state index is 5.60. The van der Waals surface area contributed by atoms with Crippen molar-refractivity contribution in [1.29, 1.82) is 0 Å². The Balaban J connectivity index is 1.99. The van der Waals surface area contributed by atoms with Crippen molar-refractivity contribution in [3.63, 3.8) is 0 Å². The summed E-state index contributed by atoms with van der Waals surface area (Å²) in [6.07, 6.45) is 4.31. The van der Waals surface area contributed by atoms with Gasteiger partial charge in [0.15, 0.2) is 0 Å². The summed E-state index contributed by atoms with van der Waals surface area (Å²) in [7, 11) is 0. The van der Waals surface area contributed by atoms with Crippen molar-refractivity contribution in [2.24, 2.45) is 5.73 Å². The number of nitrogens with two attached hydrogens (primary N) is 1. The van der Waals surface area contributed by atoms with Gasteiger partial charge in [0.2, 0.25) is 0 Å². The highest BCUT2D eigenvalue weighted by Gasteiger charge is 2.29. The van der Waals surface area contributed by atoms with Crippen molar-refractivity contribution in [3.8, 4) is 0 Å². The zero-order chi connectivity index (χ0) is 12.3. The Labute approximate surface area is 112 Å². The van der Waals surface area contributed by atoms with Gasteiger partial charge >= 0.3 is 0 Å². The Morgan fingerprint density at radius 3 is 3.18 bits per heavy atom. The van der Waals surface area contributed by atoms with Crippen LogP contribution in [0.3, 0.4) is 0 Å². The van der Waals surface area contributed by atoms with Crippen LogP contribution in [-0.2, 0) is 0 Å². The first-order valence-corrected chi connectivity index (χ1v) is 7.12. The minimum atomic E-state index is 0.334. The summed E-state index contributed by atoms with van der Waals surface area (Å²) in [6.45, 7) is 3.24. The highest BCUT2D eigenvalue weighted by Crippen LogP contribution is 2.37. The van der Waals surface area contributed by atoms with Crippen molar-refractivity contribution < 1.29 is 0 Å². The zero-order valence-corrected chi connectivity index (χ0v) is 11.5. The molecule has 5 heteroatoms. The number of nitrogens with zero attached hydrogens (tertiary/aromatic N) is 1. The summed E-state index contributed by atoms with van der Waals surface area (Å²) in [6, 6.07) is 3.74. The predicted molar refractivity (Wildman–Crippen MR) is 78.7 cm³/mol. The van der Waals surface area contributed by atoms with Gasteiger partial charge in [0.1, 0.15) is 10.8 Å². The normalized spacial score (nSPS) is 23.6. The Bertz CT molecular complexity index is 414. The molecule has 1 aromatic rings. The molecule has 0 saturated carbocycles. The van der Waals surface area contributed by atoms with Crippen LogP contribution in [0.1, 0.15) is 25.3 Å². The molecule has 1 aliphatic rings. The van der Waals surface area contributed by atoms with Gasteiger partial charge in [-0.1, -0.05) is 12.2 Å². The molecule has 1 atom stereocenters. The molecule has 1 saturated heterocycles. The Hall–Kier alpha value is -0.810. The second-order valence-corrected chi connectivity index (χ2v) is 6.67. The third-order valence-corrected chi connectivity index (χ3v) is 4.76. The molecule has 3 nitrogen and oxygen atoms in total. The summed E-state index contributed by atoms with van der Waals surface area (Å²) in [5.41, 5.74) is 6.46. The van der Waals surface area contributed by atoms with Gasteiger partial charge in [-0.3, -0.25) is 0 Å². The molecule has 1 fully saturated rings. The second kappa shape index (κ2) is 5.23. The molecule has 0 aliphatic carbocycles. The number of pyridine rings is 1. The summed E-state index contributed by atoms with van der Waals surface area (Å²) in [4.78, 5) is 4.69. The first kappa shape index (κ1) is 12.6. The molecular weight excluding hydrogens is 250 g/mol. The third kappa shape index (κ3) is 3.33. The molecular formula is C12H17N3S2. The first-order valence-electron chi connectivity index (χ1n) is 5.73. The lowest BCUT2D eigenvalue weighted by molar-refractivity contribution is 0.634. The second-order valence-electron chi connectivity index (χ2n) is 4.55. The van der Waals surface area contributed by atoms with Gasteiger partial charge in [0, 0.05) is 23.1 Å². The monoisotopic (exact) mass is 267 g/mol. The Morgan fingerprint density at radius 2 is 2.53 bits per heavy atom. The van der Waals surface area contributed by atoms with Crippen LogP contribution in [-0.4, -0.2) is 27.0 Å². The number of thioether (sulfide) groups is 1. The molecule has 3 N–H and O–H groups in total. The van der Waals surface area contributed by atoms with Crippen molar-refractivity contribution in [3.05, 3.63) is 23.9 Å². The molecule has 2 rings (SSSR count). The third-order valence-electron chi connectivity index (χ3n) is 2.99. The lowest BCUT2D eigenvalue weighted by Gasteiger charge is -2.23. The smallest absolute Gasteiger partial charge is 0.126 e. The predicted octanol–water partition coefficient (Wildman–Crippen LogP) is 2.41. The average molecular weight is 267 g/mol. The fourth-order valence-corrected chi connectivity index (χ4v) is 3.31. The minimum Gasteiger partial charge on any atom is -0.389 e. The van der Waals surface area contributed by atoms with Crippen LogP contribution in [0.5, 0.6) is 0 Å². The fourth-order valence-electron chi connectivity index (χ4n) is 1.93. The molecule has 1 aliphatic heterocycles. The van der Waals surface area contributed by atoms with E-state index in [-0.39, 0.29) is 0 Å². The van der Waals surface area contributed by atoms with E-state index in [4.69, 9.17) is 18.0 Å². The molecule has 17 heavy (non-hydrogen) atoms. The van der Waals surface area contributed by atoms with Gasteiger partial charge < -0.3 is 11.1 Å². The van der Waals surface area contributed by atoms with Crippen molar-refractivity contribution in [2.75, 3.05) is 17.6 Å². The van der Waals surface area contributed by atoms with E-state index in [1.165, 1.54) is 18.6 Å². The van der Waals surface area contributed by atoms with E-state index in [0.29, 0.717) is 9.74 Å². The van der Waals surface area contributed by atoms with Gasteiger partial charge in [-0.2, -0.15) is 11.8 Å². The molecule has 0 aromatic carbocycles. The maximum Gasteiger partial charge on any atom is 0.126 e. The van der Waals surface area contributed by atoms with E-state index in [0.717, 1.165) is 17.9 Å². The van der Waals surface area contributed by atoms with Crippen LogP contribution in [0.25, 0.3) is 0 Å². The summed E-state index contributed by atoms with van der Waals surface area (Å²) >= 11 is 6.99. The van der Waals surface area contributed by atoms with Gasteiger partial charge in [-0.05, 0) is 37.7 Å². The Kier molecular flexibility index (Phi) is 3.89. The van der Waals surface area contributed by atoms with Crippen molar-refractivity contribution in [2.45, 2.75) is 24.5 Å². The molecule has 0 spiro atoms. The van der Waals surface area contributed by atoms with Crippen molar-refractivity contribution >= 4 is 34.8 Å². The standard InChI is InChI=1S/C12H17N3S2/c1-12(4-2-6-17-12)8-15-10-7-9(11(13)16)3-5-14-10/h3,5,7H,2,4,6,8H2,1H3,(H2,13,16)(H,14,15). The fraction of sp³-hybridized carbons (Fsp3) is 0.500. The van der Waals surface area contributed by atoms with Crippen molar-refractivity contribution in [1.82, 2.24) is 4.98 Å². The Morgan fingerprint density at radius 1 is 1.71 bits per heavy atom. The van der Waals surface area contributed by atoms with Crippen LogP contribution >= 0.6 is 24.0 Å². The van der Waals surface area contributed by atoms with E-state index < -0.39 is 0 Å². The molecule has 0 radical (unpaired) electrons. The van der Waals surface area contributed by atoms with Gasteiger partial charge in [0.25, 0.3) is 0 Å². The topological polar surface area (TPSA) is 50.9 Å². The zero-order valence-electron chi connectivity index (χ0n) is 9.90. The molecule has 1 unspecified atom stereocenters. The highest BCUT2D eigenvalue weighted by molar-refractivity contribution is 8.00. The number of rotatable bonds is 4. The molecule has 92 valence electrons. The van der Waals surface area contributed by atoms with E-state index in [2.05, 4.69) is 17.2 Å². The van der Waals surface area contributed by atoms with Crippen LogP contribution in [0, 0.1) is 0 Å². The molecule has 1 aromatic heterocycles. The number of hydrogen-bond acceptors (Lipinski definition) is 4. The van der Waals surface area contributed by atoms with Crippen LogP contribution in [0.4, 0.5) is 5.82 Å². The first-order chi connectivity index (χ1) is 8.09. The SMILES string of the molecule is CC1(CNc2cc(C(N)=S)ccn2)CCCS1. The average Bonchev–Trinajstić information content (AvgIpc) is 2.75. The van der Waals surface area contributed by atoms with E-state index in [1.807, 2.05) is 23.9 Å². The number of anilines is 1. The summed E-state index contributed by atoms with van der Waals surface area (Å²) in [5.74, 6) is 2.11. The largest absolute Gasteiger partial charge is 0.389 e. The minimum absolute atomic E-state index is 0.334. The van der Waals surface area contributed by atoms with Crippen LogP contribution in [0.15, 0.2) is 18.3 Å². The van der Waals surface area contributed by atoms with Crippen LogP contribution in [0.2, 0.25) is 0 Å².